The van der Waals surface area contributed by atoms with Crippen LogP contribution in [0, 0.1) is 0 Å². The molecule has 1 fully saturated rings. The second-order valence-corrected chi connectivity index (χ2v) is 6.72. The highest BCUT2D eigenvalue weighted by atomic mass is 16.4. The van der Waals surface area contributed by atoms with E-state index in [2.05, 4.69) is 32.0 Å². The SMILES string of the molecule is CN(Cc1ncc(-c2ccccc2)o1)[C@H]1CCCN(c2cccnn2)C1. The van der Waals surface area contributed by atoms with E-state index < -0.39 is 0 Å². The van der Waals surface area contributed by atoms with E-state index in [4.69, 9.17) is 4.42 Å². The molecule has 1 aliphatic heterocycles. The minimum absolute atomic E-state index is 0.442. The maximum absolute atomic E-state index is 5.95. The van der Waals surface area contributed by atoms with Gasteiger partial charge in [0.1, 0.15) is 0 Å². The highest BCUT2D eigenvalue weighted by Gasteiger charge is 2.25. The molecule has 6 heteroatoms. The van der Waals surface area contributed by atoms with Crippen LogP contribution in [0.3, 0.4) is 0 Å². The Labute approximate surface area is 153 Å². The van der Waals surface area contributed by atoms with Gasteiger partial charge in [0.15, 0.2) is 11.6 Å². The lowest BCUT2D eigenvalue weighted by Crippen LogP contribution is -2.46. The fourth-order valence-corrected chi connectivity index (χ4v) is 3.45. The fraction of sp³-hybridized carbons (Fsp3) is 0.350. The standard InChI is InChI=1S/C20H23N5O/c1-24(15-20-21-13-18(26-20)16-7-3-2-4-8-16)17-9-6-12-25(14-17)19-10-5-11-22-23-19/h2-5,7-8,10-11,13,17H,6,9,12,14-15H2,1H3/t17-/m0/s1. The Kier molecular flexibility index (Phi) is 4.93. The summed E-state index contributed by atoms with van der Waals surface area (Å²) in [5, 5.41) is 8.24. The summed E-state index contributed by atoms with van der Waals surface area (Å²) in [5.74, 6) is 2.52. The van der Waals surface area contributed by atoms with Crippen LogP contribution in [-0.4, -0.2) is 46.3 Å². The van der Waals surface area contributed by atoms with Crippen LogP contribution in [0.25, 0.3) is 11.3 Å². The molecule has 0 radical (unpaired) electrons. The van der Waals surface area contributed by atoms with Gasteiger partial charge in [-0.2, -0.15) is 5.10 Å². The van der Waals surface area contributed by atoms with Gasteiger partial charge < -0.3 is 9.32 Å². The van der Waals surface area contributed by atoms with Crippen molar-refractivity contribution >= 4 is 5.82 Å². The summed E-state index contributed by atoms with van der Waals surface area (Å²) in [6.07, 6.45) is 5.83. The van der Waals surface area contributed by atoms with Gasteiger partial charge in [-0.05, 0) is 32.0 Å². The number of nitrogens with zero attached hydrogens (tertiary/aromatic N) is 5. The molecule has 26 heavy (non-hydrogen) atoms. The Hall–Kier alpha value is -2.73. The lowest BCUT2D eigenvalue weighted by atomic mass is 10.0. The van der Waals surface area contributed by atoms with Crippen LogP contribution < -0.4 is 4.90 Å². The third-order valence-electron chi connectivity index (χ3n) is 4.90. The number of hydrogen-bond donors (Lipinski definition) is 0. The lowest BCUT2D eigenvalue weighted by Gasteiger charge is -2.37. The van der Waals surface area contributed by atoms with Gasteiger partial charge in [0, 0.05) is 30.9 Å². The maximum Gasteiger partial charge on any atom is 0.209 e. The smallest absolute Gasteiger partial charge is 0.209 e. The van der Waals surface area contributed by atoms with Crippen LogP contribution >= 0.6 is 0 Å². The molecule has 2 aromatic heterocycles. The molecule has 3 aromatic rings. The second-order valence-electron chi connectivity index (χ2n) is 6.72. The molecule has 4 rings (SSSR count). The van der Waals surface area contributed by atoms with Crippen molar-refractivity contribution in [1.29, 1.82) is 0 Å². The van der Waals surface area contributed by atoms with Gasteiger partial charge in [0.05, 0.1) is 12.7 Å². The van der Waals surface area contributed by atoms with E-state index in [0.29, 0.717) is 12.6 Å². The summed E-state index contributed by atoms with van der Waals surface area (Å²) in [4.78, 5) is 9.09. The Morgan fingerprint density at radius 1 is 1.19 bits per heavy atom. The largest absolute Gasteiger partial charge is 0.439 e. The summed E-state index contributed by atoms with van der Waals surface area (Å²) < 4.78 is 5.95. The van der Waals surface area contributed by atoms with Gasteiger partial charge in [-0.25, -0.2) is 4.98 Å². The van der Waals surface area contributed by atoms with Crippen molar-refractivity contribution in [2.75, 3.05) is 25.0 Å². The number of rotatable bonds is 5. The average molecular weight is 349 g/mol. The molecular weight excluding hydrogens is 326 g/mol. The molecule has 0 N–H and O–H groups in total. The molecule has 0 spiro atoms. The number of aromatic nitrogens is 3. The Morgan fingerprint density at radius 2 is 2.08 bits per heavy atom. The zero-order valence-electron chi connectivity index (χ0n) is 15.0. The predicted octanol–water partition coefficient (Wildman–Crippen LogP) is 3.23. The molecule has 0 amide bonds. The van der Waals surface area contributed by atoms with Crippen molar-refractivity contribution in [2.24, 2.45) is 0 Å². The first-order chi connectivity index (χ1) is 12.8. The van der Waals surface area contributed by atoms with Crippen molar-refractivity contribution in [3.63, 3.8) is 0 Å². The molecule has 6 nitrogen and oxygen atoms in total. The Balaban J connectivity index is 1.40. The minimum Gasteiger partial charge on any atom is -0.439 e. The van der Waals surface area contributed by atoms with E-state index in [9.17, 15) is 0 Å². The second kappa shape index (κ2) is 7.66. The molecule has 1 aliphatic rings. The lowest BCUT2D eigenvalue weighted by molar-refractivity contribution is 0.191. The van der Waals surface area contributed by atoms with Gasteiger partial charge in [0.2, 0.25) is 5.89 Å². The first-order valence-corrected chi connectivity index (χ1v) is 9.02. The highest BCUT2D eigenvalue weighted by Crippen LogP contribution is 2.23. The van der Waals surface area contributed by atoms with Crippen LogP contribution in [0.5, 0.6) is 0 Å². The van der Waals surface area contributed by atoms with Gasteiger partial charge in [-0.1, -0.05) is 30.3 Å². The van der Waals surface area contributed by atoms with Crippen molar-refractivity contribution in [3.05, 3.63) is 60.7 Å². The van der Waals surface area contributed by atoms with Crippen molar-refractivity contribution in [1.82, 2.24) is 20.1 Å². The number of anilines is 1. The Bertz CT molecular complexity index is 820. The van der Waals surface area contributed by atoms with E-state index in [-0.39, 0.29) is 0 Å². The molecule has 0 unspecified atom stereocenters. The van der Waals surface area contributed by atoms with Crippen LogP contribution in [0.2, 0.25) is 0 Å². The Morgan fingerprint density at radius 3 is 2.88 bits per heavy atom. The monoisotopic (exact) mass is 349 g/mol. The topological polar surface area (TPSA) is 58.3 Å². The normalized spacial score (nSPS) is 17.6. The molecule has 1 aromatic carbocycles. The van der Waals surface area contributed by atoms with E-state index in [1.54, 1.807) is 6.20 Å². The molecule has 134 valence electrons. The molecule has 1 saturated heterocycles. The molecule has 1 atom stereocenters. The van der Waals surface area contributed by atoms with Crippen molar-refractivity contribution < 1.29 is 4.42 Å². The third-order valence-corrected chi connectivity index (χ3v) is 4.90. The summed E-state index contributed by atoms with van der Waals surface area (Å²) >= 11 is 0. The first-order valence-electron chi connectivity index (χ1n) is 9.02. The third kappa shape index (κ3) is 3.75. The molecular formula is C20H23N5O. The average Bonchev–Trinajstić information content (AvgIpc) is 3.18. The quantitative estimate of drug-likeness (QED) is 0.705. The van der Waals surface area contributed by atoms with Crippen LogP contribution in [0.1, 0.15) is 18.7 Å². The summed E-state index contributed by atoms with van der Waals surface area (Å²) in [5.41, 5.74) is 1.06. The summed E-state index contributed by atoms with van der Waals surface area (Å²) in [6.45, 7) is 2.67. The fourth-order valence-electron chi connectivity index (χ4n) is 3.45. The van der Waals surface area contributed by atoms with E-state index in [0.717, 1.165) is 42.5 Å². The van der Waals surface area contributed by atoms with Crippen LogP contribution in [0.15, 0.2) is 59.3 Å². The molecule has 0 bridgehead atoms. The van der Waals surface area contributed by atoms with E-state index in [1.807, 2.05) is 48.7 Å². The number of hydrogen-bond acceptors (Lipinski definition) is 6. The number of likely N-dealkylation sites (N-methyl/N-ethyl adjacent to an activating group) is 1. The van der Waals surface area contributed by atoms with Crippen LogP contribution in [-0.2, 0) is 6.54 Å². The van der Waals surface area contributed by atoms with Gasteiger partial charge in [-0.15, -0.1) is 5.10 Å². The maximum atomic E-state index is 5.95. The first kappa shape index (κ1) is 16.7. The molecule has 0 saturated carbocycles. The molecule has 0 aliphatic carbocycles. The van der Waals surface area contributed by atoms with Crippen LogP contribution in [0.4, 0.5) is 5.82 Å². The number of benzene rings is 1. The predicted molar refractivity (Wildman–Crippen MR) is 101 cm³/mol. The zero-order chi connectivity index (χ0) is 17.8. The molecule has 3 heterocycles. The minimum atomic E-state index is 0.442. The number of oxazole rings is 1. The van der Waals surface area contributed by atoms with Crippen molar-refractivity contribution in [2.45, 2.75) is 25.4 Å². The summed E-state index contributed by atoms with van der Waals surface area (Å²) in [7, 11) is 2.14. The number of piperidine rings is 1. The van der Waals surface area contributed by atoms with Crippen molar-refractivity contribution in [3.8, 4) is 11.3 Å². The van der Waals surface area contributed by atoms with Gasteiger partial charge in [0.25, 0.3) is 0 Å². The van der Waals surface area contributed by atoms with Gasteiger partial charge >= 0.3 is 0 Å². The highest BCUT2D eigenvalue weighted by molar-refractivity contribution is 5.55. The van der Waals surface area contributed by atoms with E-state index >= 15 is 0 Å². The van der Waals surface area contributed by atoms with E-state index in [1.165, 1.54) is 6.42 Å². The zero-order valence-corrected chi connectivity index (χ0v) is 15.0. The van der Waals surface area contributed by atoms with Gasteiger partial charge in [-0.3, -0.25) is 4.90 Å². The summed E-state index contributed by atoms with van der Waals surface area (Å²) in [6, 6.07) is 14.5.